The number of rotatable bonds is 3. The van der Waals surface area contributed by atoms with Crippen LogP contribution in [0.5, 0.6) is 0 Å². The Hall–Kier alpha value is -4.76. The van der Waals surface area contributed by atoms with Crippen molar-refractivity contribution in [3.05, 3.63) is 126 Å². The van der Waals surface area contributed by atoms with Gasteiger partial charge in [-0.3, -0.25) is 9.78 Å². The summed E-state index contributed by atoms with van der Waals surface area (Å²) in [5.41, 5.74) is 3.27. The van der Waals surface area contributed by atoms with E-state index in [2.05, 4.69) is 17.1 Å². The van der Waals surface area contributed by atoms with E-state index in [1.54, 1.807) is 6.20 Å². The molecule has 0 amide bonds. The van der Waals surface area contributed by atoms with Crippen LogP contribution in [-0.4, -0.2) is 15.9 Å². The second-order valence-electron chi connectivity index (χ2n) is 9.53. The third-order valence-electron chi connectivity index (χ3n) is 6.54. The van der Waals surface area contributed by atoms with Crippen LogP contribution in [-0.2, 0) is 24.9 Å². The number of pyridine rings is 1. The number of aromatic nitrogens is 1. The Balaban J connectivity index is 0.000000454. The molecule has 7 heteroatoms. The van der Waals surface area contributed by atoms with Gasteiger partial charge in [-0.2, -0.15) is 5.26 Å². The van der Waals surface area contributed by atoms with Crippen LogP contribution in [0.3, 0.4) is 0 Å². The maximum absolute atomic E-state index is 13.9. The molecular formula is C35H23F2IrN2O2-. The Morgan fingerprint density at radius 3 is 2.19 bits per heavy atom. The van der Waals surface area contributed by atoms with Crippen LogP contribution in [0.2, 0.25) is 0 Å². The van der Waals surface area contributed by atoms with Crippen molar-refractivity contribution in [2.45, 2.75) is 13.8 Å². The van der Waals surface area contributed by atoms with Crippen LogP contribution in [0.1, 0.15) is 19.4 Å². The van der Waals surface area contributed by atoms with Gasteiger partial charge < -0.3 is 5.11 Å². The third-order valence-corrected chi connectivity index (χ3v) is 6.54. The zero-order valence-electron chi connectivity index (χ0n) is 22.6. The number of aliphatic hydroxyl groups is 1. The summed E-state index contributed by atoms with van der Waals surface area (Å²) in [6, 6.07) is 30.3. The van der Waals surface area contributed by atoms with Crippen molar-refractivity contribution >= 4 is 38.1 Å². The molecule has 0 aliphatic heterocycles. The van der Waals surface area contributed by atoms with Gasteiger partial charge in [-0.1, -0.05) is 59.5 Å². The summed E-state index contributed by atoms with van der Waals surface area (Å²) in [6.45, 7) is 2.85. The van der Waals surface area contributed by atoms with Gasteiger partial charge in [0, 0.05) is 44.1 Å². The summed E-state index contributed by atoms with van der Waals surface area (Å²) in [5.74, 6) is -1.29. The minimum absolute atomic E-state index is 0. The van der Waals surface area contributed by atoms with E-state index in [-0.39, 0.29) is 31.6 Å². The molecule has 0 atom stereocenters. The van der Waals surface area contributed by atoms with E-state index in [1.807, 2.05) is 66.7 Å². The molecule has 0 fully saturated rings. The van der Waals surface area contributed by atoms with E-state index >= 15 is 0 Å². The van der Waals surface area contributed by atoms with Crippen molar-refractivity contribution in [1.82, 2.24) is 4.98 Å². The maximum Gasteiger partial charge on any atom is 0.155 e. The summed E-state index contributed by atoms with van der Waals surface area (Å²) >= 11 is 0. The van der Waals surface area contributed by atoms with Gasteiger partial charge in [0.2, 0.25) is 0 Å². The first-order valence-corrected chi connectivity index (χ1v) is 12.8. The number of hydrogen-bond donors (Lipinski definition) is 1. The van der Waals surface area contributed by atoms with E-state index < -0.39 is 11.6 Å². The van der Waals surface area contributed by atoms with E-state index in [0.29, 0.717) is 11.1 Å². The summed E-state index contributed by atoms with van der Waals surface area (Å²) in [5, 5.41) is 23.5. The van der Waals surface area contributed by atoms with Crippen LogP contribution in [0.25, 0.3) is 54.7 Å². The molecule has 1 radical (unpaired) electrons. The molecule has 209 valence electrons. The minimum atomic E-state index is -0.612. The zero-order chi connectivity index (χ0) is 29.1. The first-order valence-electron chi connectivity index (χ1n) is 12.8. The number of fused-ring (bicyclic) bond motifs is 4. The predicted octanol–water partition coefficient (Wildman–Crippen LogP) is 8.86. The Morgan fingerprint density at radius 1 is 0.857 bits per heavy atom. The number of nitriles is 1. The first kappa shape index (κ1) is 30.2. The first-order chi connectivity index (χ1) is 19.7. The number of benzene rings is 5. The number of carbonyl (C=O) groups excluding carboxylic acids is 1. The molecule has 4 nitrogen and oxygen atoms in total. The molecule has 1 heterocycles. The molecule has 6 aromatic rings. The maximum atomic E-state index is 13.9. The number of hydrogen-bond acceptors (Lipinski definition) is 4. The van der Waals surface area contributed by atoms with Gasteiger partial charge in [0.15, 0.2) is 5.78 Å². The van der Waals surface area contributed by atoms with Crippen LogP contribution in [0.4, 0.5) is 8.78 Å². The van der Waals surface area contributed by atoms with Gasteiger partial charge in [0.25, 0.3) is 0 Å². The summed E-state index contributed by atoms with van der Waals surface area (Å²) < 4.78 is 27.8. The molecule has 0 unspecified atom stereocenters. The molecule has 5 aromatic carbocycles. The third kappa shape index (κ3) is 6.26. The molecule has 1 N–H and O–H groups in total. The monoisotopic (exact) mass is 734 g/mol. The van der Waals surface area contributed by atoms with E-state index in [4.69, 9.17) is 5.11 Å². The fourth-order valence-corrected chi connectivity index (χ4v) is 4.94. The van der Waals surface area contributed by atoms with Crippen molar-refractivity contribution in [3.8, 4) is 28.5 Å². The van der Waals surface area contributed by atoms with Crippen LogP contribution in [0.15, 0.2) is 103 Å². The molecule has 0 saturated carbocycles. The van der Waals surface area contributed by atoms with Gasteiger partial charge in [-0.25, -0.2) is 8.78 Å². The molecule has 0 bridgehead atoms. The molecule has 42 heavy (non-hydrogen) atoms. The van der Waals surface area contributed by atoms with Gasteiger partial charge in [-0.15, -0.1) is 23.6 Å². The Morgan fingerprint density at radius 2 is 1.52 bits per heavy atom. The molecule has 0 spiro atoms. The molecule has 0 aliphatic carbocycles. The summed E-state index contributed by atoms with van der Waals surface area (Å²) in [6.07, 6.45) is 2.90. The number of halogens is 2. The van der Waals surface area contributed by atoms with Gasteiger partial charge >= 0.3 is 0 Å². The number of aliphatic hydroxyl groups excluding tert-OH is 1. The Labute approximate surface area is 254 Å². The summed E-state index contributed by atoms with van der Waals surface area (Å²) in [7, 11) is 0. The van der Waals surface area contributed by atoms with Crippen LogP contribution >= 0.6 is 0 Å². The zero-order valence-corrected chi connectivity index (χ0v) is 25.0. The van der Waals surface area contributed by atoms with Gasteiger partial charge in [0.1, 0.15) is 11.6 Å². The number of allylic oxidation sites excluding steroid dienone is 2. The van der Waals surface area contributed by atoms with E-state index in [9.17, 15) is 18.8 Å². The normalized spacial score (nSPS) is 11.0. The van der Waals surface area contributed by atoms with Crippen molar-refractivity contribution < 1.29 is 38.8 Å². The van der Waals surface area contributed by atoms with Gasteiger partial charge in [-0.05, 0) is 70.3 Å². The second-order valence-corrected chi connectivity index (χ2v) is 9.53. The Kier molecular flexibility index (Phi) is 9.22. The average molecular weight is 734 g/mol. The standard InChI is InChI=1S/C30H15F2N2.C5H8O2.Ir/c31-22-14-19(15-23(32)16-22)25-6-3-7-26-27(25)8-9-29-28(26)10-11-34-30(29)20-12-18-4-1-2-5-24(18)21(13-20)17-33;1-4(6)3-5(2)7;/h1-11,13-16H;3,6H,1-2H3;/q-1;;/b;4-3-;. The van der Waals surface area contributed by atoms with Crippen molar-refractivity contribution in [2.24, 2.45) is 0 Å². The van der Waals surface area contributed by atoms with E-state index in [0.717, 1.165) is 55.2 Å². The Bertz CT molecular complexity index is 2020. The average Bonchev–Trinajstić information content (AvgIpc) is 2.95. The summed E-state index contributed by atoms with van der Waals surface area (Å²) in [4.78, 5) is 14.6. The topological polar surface area (TPSA) is 74.0 Å². The number of ketones is 1. The number of nitrogens with zero attached hydrogens (tertiary/aromatic N) is 2. The number of carbonyl (C=O) groups is 1. The van der Waals surface area contributed by atoms with Crippen molar-refractivity contribution in [2.75, 3.05) is 0 Å². The fourth-order valence-electron chi connectivity index (χ4n) is 4.94. The molecule has 6 rings (SSSR count). The second kappa shape index (κ2) is 12.8. The SMILES string of the molecule is CC(=O)/C=C(/C)O.N#Cc1cc(-c2nccc3c2ccc2c(-c4cc(F)cc(F)c4)cccc23)[c-]c2ccccc12.[Ir]. The van der Waals surface area contributed by atoms with Crippen molar-refractivity contribution in [1.29, 1.82) is 5.26 Å². The van der Waals surface area contributed by atoms with Crippen LogP contribution in [0, 0.1) is 29.0 Å². The van der Waals surface area contributed by atoms with E-state index in [1.165, 1.54) is 32.1 Å². The molecule has 0 saturated heterocycles. The molecular weight excluding hydrogens is 711 g/mol. The van der Waals surface area contributed by atoms with Crippen molar-refractivity contribution in [3.63, 3.8) is 0 Å². The largest absolute Gasteiger partial charge is 0.512 e. The molecule has 1 aromatic heterocycles. The quantitative estimate of drug-likeness (QED) is 0.0854. The minimum Gasteiger partial charge on any atom is -0.512 e. The van der Waals surface area contributed by atoms with Gasteiger partial charge in [0.05, 0.1) is 11.8 Å². The predicted molar refractivity (Wildman–Crippen MR) is 158 cm³/mol. The fraction of sp³-hybridized carbons (Fsp3) is 0.0571. The van der Waals surface area contributed by atoms with Crippen LogP contribution < -0.4 is 0 Å². The smallest absolute Gasteiger partial charge is 0.155 e. The molecule has 0 aliphatic rings.